The molecule has 1 aromatic heterocycles. The van der Waals surface area contributed by atoms with Crippen LogP contribution in [0.25, 0.3) is 11.6 Å². The third-order valence-corrected chi connectivity index (χ3v) is 4.84. The SMILES string of the molecule is CCOC(=O)/C=C/c1cccc(/C(=C\CN2CCCC2)c2ccc(C)cc2)n1. The number of nitrogens with zero attached hydrogens (tertiary/aromatic N) is 2. The highest BCUT2D eigenvalue weighted by molar-refractivity contribution is 5.87. The molecule has 0 spiro atoms. The first kappa shape index (κ1) is 20.0. The van der Waals surface area contributed by atoms with Gasteiger partial charge in [0.15, 0.2) is 0 Å². The van der Waals surface area contributed by atoms with Crippen LogP contribution < -0.4 is 0 Å². The van der Waals surface area contributed by atoms with Crippen LogP contribution in [0, 0.1) is 6.92 Å². The summed E-state index contributed by atoms with van der Waals surface area (Å²) in [4.78, 5) is 18.8. The lowest BCUT2D eigenvalue weighted by Crippen LogP contribution is -2.19. The molecule has 4 nitrogen and oxygen atoms in total. The van der Waals surface area contributed by atoms with Crippen molar-refractivity contribution in [1.82, 2.24) is 9.88 Å². The van der Waals surface area contributed by atoms with E-state index in [-0.39, 0.29) is 5.97 Å². The summed E-state index contributed by atoms with van der Waals surface area (Å²) in [6, 6.07) is 14.4. The number of aryl methyl sites for hydroxylation is 1. The van der Waals surface area contributed by atoms with E-state index in [1.807, 2.05) is 18.2 Å². The molecule has 1 aromatic carbocycles. The Morgan fingerprint density at radius 3 is 2.61 bits per heavy atom. The maximum atomic E-state index is 11.6. The predicted octanol–water partition coefficient (Wildman–Crippen LogP) is 4.49. The monoisotopic (exact) mass is 376 g/mol. The number of likely N-dealkylation sites (tertiary alicyclic amines) is 1. The quantitative estimate of drug-likeness (QED) is 0.527. The fourth-order valence-corrected chi connectivity index (χ4v) is 3.33. The number of esters is 1. The maximum absolute atomic E-state index is 11.6. The molecule has 0 amide bonds. The molecule has 0 unspecified atom stereocenters. The summed E-state index contributed by atoms with van der Waals surface area (Å²) in [6.07, 6.45) is 7.96. The lowest BCUT2D eigenvalue weighted by atomic mass is 10.00. The molecule has 2 heterocycles. The molecule has 1 aliphatic heterocycles. The van der Waals surface area contributed by atoms with Crippen LogP contribution in [-0.4, -0.2) is 42.1 Å². The van der Waals surface area contributed by atoms with E-state index in [4.69, 9.17) is 9.72 Å². The third kappa shape index (κ3) is 5.64. The largest absolute Gasteiger partial charge is 0.463 e. The zero-order chi connectivity index (χ0) is 19.8. The van der Waals surface area contributed by atoms with Crippen molar-refractivity contribution in [3.63, 3.8) is 0 Å². The van der Waals surface area contributed by atoms with Crippen molar-refractivity contribution in [3.05, 3.63) is 77.1 Å². The van der Waals surface area contributed by atoms with Crippen LogP contribution >= 0.6 is 0 Å². The van der Waals surface area contributed by atoms with E-state index in [2.05, 4.69) is 42.2 Å². The molecular weight excluding hydrogens is 348 g/mol. The minimum absolute atomic E-state index is 0.349. The average molecular weight is 377 g/mol. The highest BCUT2D eigenvalue weighted by atomic mass is 16.5. The Balaban J connectivity index is 1.88. The molecule has 1 saturated heterocycles. The minimum Gasteiger partial charge on any atom is -0.463 e. The van der Waals surface area contributed by atoms with Crippen LogP contribution in [0.3, 0.4) is 0 Å². The summed E-state index contributed by atoms with van der Waals surface area (Å²) < 4.78 is 4.95. The summed E-state index contributed by atoms with van der Waals surface area (Å²) in [5, 5.41) is 0. The second-order valence-corrected chi connectivity index (χ2v) is 7.02. The number of hydrogen-bond donors (Lipinski definition) is 0. The van der Waals surface area contributed by atoms with E-state index >= 15 is 0 Å². The van der Waals surface area contributed by atoms with Gasteiger partial charge in [-0.05, 0) is 63.6 Å². The lowest BCUT2D eigenvalue weighted by Gasteiger charge is -2.14. The zero-order valence-electron chi connectivity index (χ0n) is 16.7. The number of rotatable bonds is 7. The van der Waals surface area contributed by atoms with Crippen LogP contribution in [0.2, 0.25) is 0 Å². The molecule has 28 heavy (non-hydrogen) atoms. The number of hydrogen-bond acceptors (Lipinski definition) is 4. The van der Waals surface area contributed by atoms with Crippen LogP contribution in [0.15, 0.2) is 54.6 Å². The smallest absolute Gasteiger partial charge is 0.330 e. The van der Waals surface area contributed by atoms with E-state index in [1.54, 1.807) is 13.0 Å². The fourth-order valence-electron chi connectivity index (χ4n) is 3.33. The molecule has 3 rings (SSSR count). The number of aromatic nitrogens is 1. The summed E-state index contributed by atoms with van der Waals surface area (Å²) in [7, 11) is 0. The van der Waals surface area contributed by atoms with Crippen LogP contribution in [0.4, 0.5) is 0 Å². The molecule has 2 aromatic rings. The number of ether oxygens (including phenoxy) is 1. The molecule has 0 bridgehead atoms. The predicted molar refractivity (Wildman–Crippen MR) is 114 cm³/mol. The third-order valence-electron chi connectivity index (χ3n) is 4.84. The molecule has 146 valence electrons. The summed E-state index contributed by atoms with van der Waals surface area (Å²) in [5.41, 5.74) is 5.17. The minimum atomic E-state index is -0.349. The molecule has 1 aliphatic rings. The van der Waals surface area contributed by atoms with Crippen LogP contribution in [-0.2, 0) is 9.53 Å². The number of benzene rings is 1. The Labute approximate surface area is 167 Å². The van der Waals surface area contributed by atoms with Crippen molar-refractivity contribution < 1.29 is 9.53 Å². The molecule has 0 N–H and O–H groups in total. The van der Waals surface area contributed by atoms with Gasteiger partial charge in [-0.15, -0.1) is 0 Å². The van der Waals surface area contributed by atoms with Crippen LogP contribution in [0.1, 0.15) is 42.3 Å². The fraction of sp³-hybridized carbons (Fsp3) is 0.333. The average Bonchev–Trinajstić information content (AvgIpc) is 3.22. The summed E-state index contributed by atoms with van der Waals surface area (Å²) >= 11 is 0. The van der Waals surface area contributed by atoms with Gasteiger partial charge in [-0.3, -0.25) is 4.90 Å². The molecule has 0 aliphatic carbocycles. The molecule has 0 radical (unpaired) electrons. The molecule has 0 atom stereocenters. The molecule has 4 heteroatoms. The maximum Gasteiger partial charge on any atom is 0.330 e. The van der Waals surface area contributed by atoms with Gasteiger partial charge in [0, 0.05) is 18.2 Å². The van der Waals surface area contributed by atoms with Gasteiger partial charge in [0.2, 0.25) is 0 Å². The lowest BCUT2D eigenvalue weighted by molar-refractivity contribution is -0.137. The first-order chi connectivity index (χ1) is 13.7. The first-order valence-electron chi connectivity index (χ1n) is 9.97. The Morgan fingerprint density at radius 1 is 1.14 bits per heavy atom. The van der Waals surface area contributed by atoms with Gasteiger partial charge in [0.05, 0.1) is 18.0 Å². The van der Waals surface area contributed by atoms with Crippen molar-refractivity contribution in [2.24, 2.45) is 0 Å². The van der Waals surface area contributed by atoms with E-state index in [0.29, 0.717) is 6.61 Å². The normalized spacial score (nSPS) is 15.3. The Bertz CT molecular complexity index is 847. The van der Waals surface area contributed by atoms with Crippen LogP contribution in [0.5, 0.6) is 0 Å². The van der Waals surface area contributed by atoms with E-state index in [1.165, 1.54) is 24.5 Å². The first-order valence-corrected chi connectivity index (χ1v) is 9.97. The number of carbonyl (C=O) groups is 1. The van der Waals surface area contributed by atoms with Crippen molar-refractivity contribution in [2.45, 2.75) is 26.7 Å². The van der Waals surface area contributed by atoms with Gasteiger partial charge in [-0.2, -0.15) is 0 Å². The van der Waals surface area contributed by atoms with E-state index in [9.17, 15) is 4.79 Å². The van der Waals surface area contributed by atoms with Gasteiger partial charge in [0.1, 0.15) is 0 Å². The second-order valence-electron chi connectivity index (χ2n) is 7.02. The van der Waals surface area contributed by atoms with Crippen molar-refractivity contribution in [3.8, 4) is 0 Å². The van der Waals surface area contributed by atoms with Crippen molar-refractivity contribution in [2.75, 3.05) is 26.2 Å². The summed E-state index contributed by atoms with van der Waals surface area (Å²) in [5.74, 6) is -0.349. The number of carbonyl (C=O) groups excluding carboxylic acids is 1. The summed E-state index contributed by atoms with van der Waals surface area (Å²) in [6.45, 7) is 7.50. The van der Waals surface area contributed by atoms with Gasteiger partial charge in [-0.25, -0.2) is 9.78 Å². The molecule has 1 fully saturated rings. The highest BCUT2D eigenvalue weighted by Gasteiger charge is 2.12. The van der Waals surface area contributed by atoms with E-state index < -0.39 is 0 Å². The van der Waals surface area contributed by atoms with Gasteiger partial charge in [0.25, 0.3) is 0 Å². The molecule has 0 saturated carbocycles. The Morgan fingerprint density at radius 2 is 1.89 bits per heavy atom. The van der Waals surface area contributed by atoms with E-state index in [0.717, 1.165) is 42.2 Å². The topological polar surface area (TPSA) is 42.4 Å². The second kappa shape index (κ2) is 10.00. The van der Waals surface area contributed by atoms with Crippen molar-refractivity contribution >= 4 is 17.6 Å². The van der Waals surface area contributed by atoms with Gasteiger partial charge in [-0.1, -0.05) is 42.0 Å². The Kier molecular flexibility index (Phi) is 7.15. The highest BCUT2D eigenvalue weighted by Crippen LogP contribution is 2.23. The zero-order valence-corrected chi connectivity index (χ0v) is 16.7. The number of pyridine rings is 1. The molecular formula is C24H28N2O2. The van der Waals surface area contributed by atoms with Gasteiger partial charge < -0.3 is 4.74 Å². The Hall–Kier alpha value is -2.72. The standard InChI is InChI=1S/C24H28N2O2/c1-3-28-24(27)14-13-21-7-6-8-23(25-21)22(15-18-26-16-4-5-17-26)20-11-9-19(2)10-12-20/h6-15H,3-5,16-18H2,1-2H3/b14-13+,22-15-. The van der Waals surface area contributed by atoms with Crippen molar-refractivity contribution in [1.29, 1.82) is 0 Å². The van der Waals surface area contributed by atoms with Gasteiger partial charge >= 0.3 is 5.97 Å².